The summed E-state index contributed by atoms with van der Waals surface area (Å²) in [6.07, 6.45) is 1.91. The van der Waals surface area contributed by atoms with Gasteiger partial charge in [-0.25, -0.2) is 0 Å². The van der Waals surface area contributed by atoms with E-state index in [0.717, 1.165) is 51.3 Å². The number of hydrogen-bond donors (Lipinski definition) is 1. The molecule has 1 spiro atoms. The van der Waals surface area contributed by atoms with Crippen molar-refractivity contribution >= 4 is 17.2 Å². The molecule has 3 rings (SSSR count). The van der Waals surface area contributed by atoms with Gasteiger partial charge in [0.05, 0.1) is 13.2 Å². The fourth-order valence-corrected chi connectivity index (χ4v) is 3.01. The number of nitrogens with two attached hydrogens (primary N) is 1. The van der Waals surface area contributed by atoms with Crippen molar-refractivity contribution in [3.63, 3.8) is 0 Å². The molecule has 0 radical (unpaired) electrons. The van der Waals surface area contributed by atoms with E-state index >= 15 is 0 Å². The van der Waals surface area contributed by atoms with Gasteiger partial charge in [0.2, 0.25) is 0 Å². The van der Waals surface area contributed by atoms with E-state index in [1.807, 2.05) is 12.1 Å². The van der Waals surface area contributed by atoms with Crippen molar-refractivity contribution in [1.29, 1.82) is 0 Å². The zero-order chi connectivity index (χ0) is 14.0. The molecule has 0 amide bonds. The van der Waals surface area contributed by atoms with Gasteiger partial charge in [0.25, 0.3) is 0 Å². The molecule has 2 heterocycles. The average molecular weight is 292 g/mol. The first kappa shape index (κ1) is 13.9. The third-order valence-electron chi connectivity index (χ3n) is 4.08. The van der Waals surface area contributed by atoms with Crippen LogP contribution < -0.4 is 5.73 Å². The van der Waals surface area contributed by atoms with Crippen molar-refractivity contribution in [1.82, 2.24) is 4.90 Å². The highest BCUT2D eigenvalue weighted by Crippen LogP contribution is 2.31. The van der Waals surface area contributed by atoms with Gasteiger partial charge in [0.1, 0.15) is 4.99 Å². The fourth-order valence-electron chi connectivity index (χ4n) is 2.87. The van der Waals surface area contributed by atoms with Crippen LogP contribution in [0.3, 0.4) is 0 Å². The summed E-state index contributed by atoms with van der Waals surface area (Å²) in [6.45, 7) is 4.45. The number of likely N-dealkylation sites (tertiary alicyclic amines) is 1. The lowest BCUT2D eigenvalue weighted by molar-refractivity contribution is -0.185. The number of ether oxygens (including phenoxy) is 2. The maximum Gasteiger partial charge on any atom is 0.170 e. The summed E-state index contributed by atoms with van der Waals surface area (Å²) in [4.78, 5) is 2.89. The Hall–Kier alpha value is -1.01. The molecule has 1 aromatic rings. The normalized spacial score (nSPS) is 22.2. The highest BCUT2D eigenvalue weighted by atomic mass is 32.1. The van der Waals surface area contributed by atoms with Crippen LogP contribution in [-0.2, 0) is 16.0 Å². The highest BCUT2D eigenvalue weighted by Gasteiger charge is 2.39. The zero-order valence-corrected chi connectivity index (χ0v) is 12.3. The van der Waals surface area contributed by atoms with E-state index in [1.165, 1.54) is 5.56 Å². The Morgan fingerprint density at radius 2 is 1.75 bits per heavy atom. The Balaban J connectivity index is 1.55. The minimum Gasteiger partial charge on any atom is -0.389 e. The monoisotopic (exact) mass is 292 g/mol. The first-order valence-electron chi connectivity index (χ1n) is 7.06. The molecular weight excluding hydrogens is 272 g/mol. The van der Waals surface area contributed by atoms with Crippen molar-refractivity contribution < 1.29 is 9.47 Å². The fraction of sp³-hybridized carbons (Fsp3) is 0.533. The second kappa shape index (κ2) is 5.77. The predicted molar refractivity (Wildman–Crippen MR) is 81.5 cm³/mol. The van der Waals surface area contributed by atoms with Gasteiger partial charge < -0.3 is 15.2 Å². The Bertz CT molecular complexity index is 473. The Morgan fingerprint density at radius 3 is 2.30 bits per heavy atom. The third kappa shape index (κ3) is 3.01. The van der Waals surface area contributed by atoms with Gasteiger partial charge in [0, 0.05) is 38.0 Å². The van der Waals surface area contributed by atoms with E-state index in [9.17, 15) is 0 Å². The maximum atomic E-state index is 5.74. The lowest BCUT2D eigenvalue weighted by Crippen LogP contribution is -2.44. The van der Waals surface area contributed by atoms with Crippen LogP contribution in [0.2, 0.25) is 0 Å². The highest BCUT2D eigenvalue weighted by molar-refractivity contribution is 7.80. The molecule has 1 aromatic carbocycles. The minimum atomic E-state index is -0.286. The Morgan fingerprint density at radius 1 is 1.15 bits per heavy atom. The van der Waals surface area contributed by atoms with Crippen molar-refractivity contribution in [2.45, 2.75) is 25.2 Å². The molecule has 0 atom stereocenters. The molecule has 2 N–H and O–H groups in total. The first-order chi connectivity index (χ1) is 9.67. The van der Waals surface area contributed by atoms with Crippen molar-refractivity contribution in [3.8, 4) is 0 Å². The zero-order valence-electron chi connectivity index (χ0n) is 11.5. The second-order valence-electron chi connectivity index (χ2n) is 5.44. The summed E-state index contributed by atoms with van der Waals surface area (Å²) in [5.74, 6) is -0.286. The van der Waals surface area contributed by atoms with Crippen molar-refractivity contribution in [2.24, 2.45) is 5.73 Å². The van der Waals surface area contributed by atoms with Crippen LogP contribution in [0.5, 0.6) is 0 Å². The molecular formula is C15H20N2O2S. The summed E-state index contributed by atoms with van der Waals surface area (Å²) in [5, 5.41) is 0. The van der Waals surface area contributed by atoms with Crippen molar-refractivity contribution in [3.05, 3.63) is 35.4 Å². The van der Waals surface area contributed by atoms with E-state index in [0.29, 0.717) is 4.99 Å². The molecule has 2 aliphatic rings. The summed E-state index contributed by atoms with van der Waals surface area (Å²) in [6, 6.07) is 8.18. The molecule has 0 aliphatic carbocycles. The van der Waals surface area contributed by atoms with Gasteiger partial charge in [-0.05, 0) is 5.56 Å². The Kier molecular flexibility index (Phi) is 4.03. The topological polar surface area (TPSA) is 47.7 Å². The predicted octanol–water partition coefficient (Wildman–Crippen LogP) is 1.66. The summed E-state index contributed by atoms with van der Waals surface area (Å²) in [5.41, 5.74) is 7.82. The van der Waals surface area contributed by atoms with Gasteiger partial charge in [-0.15, -0.1) is 0 Å². The Labute approximate surface area is 124 Å². The SMILES string of the molecule is NC(=S)c1ccc(CN2CCC3(CC2)OCCO3)cc1. The van der Waals surface area contributed by atoms with Crippen LogP contribution in [0.4, 0.5) is 0 Å². The second-order valence-corrected chi connectivity index (χ2v) is 5.88. The molecule has 0 unspecified atom stereocenters. The summed E-state index contributed by atoms with van der Waals surface area (Å²) in [7, 11) is 0. The van der Waals surface area contributed by atoms with Gasteiger partial charge in [-0.1, -0.05) is 36.5 Å². The van der Waals surface area contributed by atoms with Gasteiger partial charge in [0.15, 0.2) is 5.79 Å². The summed E-state index contributed by atoms with van der Waals surface area (Å²) >= 11 is 4.96. The van der Waals surface area contributed by atoms with Crippen LogP contribution in [-0.4, -0.2) is 42.0 Å². The molecule has 108 valence electrons. The standard InChI is InChI=1S/C15H20N2O2S/c16-14(20)13-3-1-12(2-4-13)11-17-7-5-15(6-8-17)18-9-10-19-15/h1-4H,5-11H2,(H2,16,20). The van der Waals surface area contributed by atoms with Crippen LogP contribution in [0.25, 0.3) is 0 Å². The van der Waals surface area contributed by atoms with E-state index < -0.39 is 0 Å². The number of benzene rings is 1. The van der Waals surface area contributed by atoms with Crippen LogP contribution in [0.1, 0.15) is 24.0 Å². The summed E-state index contributed by atoms with van der Waals surface area (Å²) < 4.78 is 11.5. The molecule has 5 heteroatoms. The quantitative estimate of drug-likeness (QED) is 0.859. The molecule has 4 nitrogen and oxygen atoms in total. The van der Waals surface area contributed by atoms with E-state index in [1.54, 1.807) is 0 Å². The molecule has 20 heavy (non-hydrogen) atoms. The van der Waals surface area contributed by atoms with Gasteiger partial charge in [-0.3, -0.25) is 4.90 Å². The lowest BCUT2D eigenvalue weighted by Gasteiger charge is -2.37. The molecule has 0 aromatic heterocycles. The lowest BCUT2D eigenvalue weighted by atomic mass is 10.0. The van der Waals surface area contributed by atoms with Crippen LogP contribution in [0.15, 0.2) is 24.3 Å². The van der Waals surface area contributed by atoms with Crippen molar-refractivity contribution in [2.75, 3.05) is 26.3 Å². The van der Waals surface area contributed by atoms with E-state index in [-0.39, 0.29) is 5.79 Å². The number of thiocarbonyl (C=S) groups is 1. The molecule has 0 saturated carbocycles. The molecule has 2 fully saturated rings. The third-order valence-corrected chi connectivity index (χ3v) is 4.31. The molecule has 0 bridgehead atoms. The number of piperidine rings is 1. The largest absolute Gasteiger partial charge is 0.389 e. The van der Waals surface area contributed by atoms with Crippen LogP contribution >= 0.6 is 12.2 Å². The van der Waals surface area contributed by atoms with Gasteiger partial charge >= 0.3 is 0 Å². The molecule has 2 aliphatic heterocycles. The first-order valence-corrected chi connectivity index (χ1v) is 7.47. The number of nitrogens with zero attached hydrogens (tertiary/aromatic N) is 1. The average Bonchev–Trinajstić information content (AvgIpc) is 2.91. The van der Waals surface area contributed by atoms with Gasteiger partial charge in [-0.2, -0.15) is 0 Å². The smallest absolute Gasteiger partial charge is 0.170 e. The van der Waals surface area contributed by atoms with E-state index in [4.69, 9.17) is 27.4 Å². The number of hydrogen-bond acceptors (Lipinski definition) is 4. The van der Waals surface area contributed by atoms with Crippen LogP contribution in [0, 0.1) is 0 Å². The maximum absolute atomic E-state index is 5.74. The number of rotatable bonds is 3. The minimum absolute atomic E-state index is 0.286. The van der Waals surface area contributed by atoms with E-state index in [2.05, 4.69) is 17.0 Å². The molecule has 2 saturated heterocycles.